The molecule has 0 N–H and O–H groups in total. The highest BCUT2D eigenvalue weighted by molar-refractivity contribution is 7.99. The molecule has 13 heavy (non-hydrogen) atoms. The highest BCUT2D eigenvalue weighted by Crippen LogP contribution is 2.23. The van der Waals surface area contributed by atoms with E-state index in [9.17, 15) is 0 Å². The summed E-state index contributed by atoms with van der Waals surface area (Å²) in [5.41, 5.74) is -0.240. The number of hydrogen-bond acceptors (Lipinski definition) is 5. The standard InChI is InChI=1S/C8H10N2O2S/c1-3-9-7(10-4-1)13-8-11-5-2-6-12-8/h1,3-4,8H,2,5-6H2. The third kappa shape index (κ3) is 2.65. The zero-order valence-electron chi connectivity index (χ0n) is 7.05. The Bertz CT molecular complexity index is 252. The van der Waals surface area contributed by atoms with Crippen molar-refractivity contribution >= 4 is 11.8 Å². The van der Waals surface area contributed by atoms with Gasteiger partial charge in [0, 0.05) is 12.4 Å². The van der Waals surface area contributed by atoms with Crippen LogP contribution in [-0.4, -0.2) is 28.8 Å². The molecular formula is C8H10N2O2S. The summed E-state index contributed by atoms with van der Waals surface area (Å²) < 4.78 is 10.7. The zero-order valence-corrected chi connectivity index (χ0v) is 7.87. The number of aromatic nitrogens is 2. The average molecular weight is 198 g/mol. The van der Waals surface area contributed by atoms with Gasteiger partial charge in [0.05, 0.1) is 13.2 Å². The molecule has 70 valence electrons. The van der Waals surface area contributed by atoms with Gasteiger partial charge in [0.15, 0.2) is 5.16 Å². The summed E-state index contributed by atoms with van der Waals surface area (Å²) in [5.74, 6) is 0. The first kappa shape index (κ1) is 8.93. The fourth-order valence-corrected chi connectivity index (χ4v) is 1.71. The lowest BCUT2D eigenvalue weighted by Crippen LogP contribution is -2.21. The molecule has 0 aromatic carbocycles. The number of thioether (sulfide) groups is 1. The first-order valence-electron chi connectivity index (χ1n) is 4.12. The van der Waals surface area contributed by atoms with Crippen LogP contribution in [0.2, 0.25) is 0 Å². The predicted molar refractivity (Wildman–Crippen MR) is 48.2 cm³/mol. The van der Waals surface area contributed by atoms with E-state index in [-0.39, 0.29) is 5.62 Å². The van der Waals surface area contributed by atoms with Gasteiger partial charge in [-0.05, 0) is 24.2 Å². The summed E-state index contributed by atoms with van der Waals surface area (Å²) in [5, 5.41) is 0.689. The Morgan fingerprint density at radius 2 is 1.92 bits per heavy atom. The topological polar surface area (TPSA) is 44.2 Å². The van der Waals surface area contributed by atoms with Crippen LogP contribution in [0.5, 0.6) is 0 Å². The smallest absolute Gasteiger partial charge is 0.214 e. The second-order valence-corrected chi connectivity index (χ2v) is 3.52. The summed E-state index contributed by atoms with van der Waals surface area (Å²) in [7, 11) is 0. The lowest BCUT2D eigenvalue weighted by atomic mass is 10.5. The molecule has 1 aliphatic heterocycles. The molecule has 4 nitrogen and oxygen atoms in total. The lowest BCUT2D eigenvalue weighted by molar-refractivity contribution is -0.123. The molecule has 0 atom stereocenters. The molecule has 2 rings (SSSR count). The van der Waals surface area contributed by atoms with Gasteiger partial charge in [-0.25, -0.2) is 9.97 Å². The Morgan fingerprint density at radius 3 is 2.62 bits per heavy atom. The van der Waals surface area contributed by atoms with E-state index in [4.69, 9.17) is 9.47 Å². The minimum Gasteiger partial charge on any atom is -0.343 e. The number of ether oxygens (including phenoxy) is 2. The van der Waals surface area contributed by atoms with Gasteiger partial charge in [-0.1, -0.05) is 0 Å². The Morgan fingerprint density at radius 1 is 1.23 bits per heavy atom. The Hall–Kier alpha value is -0.650. The van der Waals surface area contributed by atoms with Crippen LogP contribution in [0.1, 0.15) is 6.42 Å². The van der Waals surface area contributed by atoms with Crippen LogP contribution in [0.4, 0.5) is 0 Å². The van der Waals surface area contributed by atoms with Crippen molar-refractivity contribution in [1.82, 2.24) is 9.97 Å². The summed E-state index contributed by atoms with van der Waals surface area (Å²) in [6, 6.07) is 1.78. The Balaban J connectivity index is 1.90. The van der Waals surface area contributed by atoms with Crippen LogP contribution in [-0.2, 0) is 9.47 Å². The van der Waals surface area contributed by atoms with Gasteiger partial charge in [-0.2, -0.15) is 0 Å². The molecule has 1 saturated heterocycles. The van der Waals surface area contributed by atoms with E-state index in [1.54, 1.807) is 18.5 Å². The van der Waals surface area contributed by atoms with Crippen molar-refractivity contribution in [2.75, 3.05) is 13.2 Å². The monoisotopic (exact) mass is 198 g/mol. The van der Waals surface area contributed by atoms with E-state index in [1.807, 2.05) is 0 Å². The average Bonchev–Trinajstić information content (AvgIpc) is 2.21. The van der Waals surface area contributed by atoms with Crippen molar-refractivity contribution < 1.29 is 9.47 Å². The second-order valence-electron chi connectivity index (χ2n) is 2.53. The minimum atomic E-state index is -0.240. The third-order valence-electron chi connectivity index (χ3n) is 1.54. The maximum atomic E-state index is 5.34. The number of rotatable bonds is 2. The molecular weight excluding hydrogens is 188 g/mol. The molecule has 0 unspecified atom stereocenters. The number of nitrogens with zero attached hydrogens (tertiary/aromatic N) is 2. The molecule has 1 aromatic heterocycles. The molecule has 0 radical (unpaired) electrons. The van der Waals surface area contributed by atoms with Gasteiger partial charge in [0.2, 0.25) is 5.62 Å². The summed E-state index contributed by atoms with van der Waals surface area (Å²) >= 11 is 1.40. The van der Waals surface area contributed by atoms with Crippen LogP contribution >= 0.6 is 11.8 Å². The second kappa shape index (κ2) is 4.55. The van der Waals surface area contributed by atoms with Gasteiger partial charge < -0.3 is 9.47 Å². The van der Waals surface area contributed by atoms with Crippen LogP contribution in [0.25, 0.3) is 0 Å². The molecule has 0 bridgehead atoms. The van der Waals surface area contributed by atoms with Gasteiger partial charge in [-0.15, -0.1) is 0 Å². The van der Waals surface area contributed by atoms with Crippen molar-refractivity contribution in [3.8, 4) is 0 Å². The van der Waals surface area contributed by atoms with Crippen LogP contribution in [0, 0.1) is 0 Å². The highest BCUT2D eigenvalue weighted by atomic mass is 32.2. The van der Waals surface area contributed by atoms with Crippen molar-refractivity contribution in [3.05, 3.63) is 18.5 Å². The maximum absolute atomic E-state index is 5.34. The van der Waals surface area contributed by atoms with E-state index in [0.29, 0.717) is 5.16 Å². The van der Waals surface area contributed by atoms with Gasteiger partial charge >= 0.3 is 0 Å². The van der Waals surface area contributed by atoms with Crippen molar-refractivity contribution in [3.63, 3.8) is 0 Å². The van der Waals surface area contributed by atoms with E-state index < -0.39 is 0 Å². The molecule has 2 heterocycles. The zero-order chi connectivity index (χ0) is 8.93. The molecule has 0 saturated carbocycles. The van der Waals surface area contributed by atoms with Crippen LogP contribution in [0.3, 0.4) is 0 Å². The van der Waals surface area contributed by atoms with Gasteiger partial charge in [-0.3, -0.25) is 0 Å². The van der Waals surface area contributed by atoms with Crippen molar-refractivity contribution in [2.45, 2.75) is 17.2 Å². The van der Waals surface area contributed by atoms with E-state index in [0.717, 1.165) is 19.6 Å². The van der Waals surface area contributed by atoms with E-state index in [2.05, 4.69) is 9.97 Å². The van der Waals surface area contributed by atoms with Crippen molar-refractivity contribution in [2.24, 2.45) is 0 Å². The SMILES string of the molecule is c1cnc(SC2OCCCO2)nc1. The normalized spacial score (nSPS) is 18.8. The van der Waals surface area contributed by atoms with Crippen molar-refractivity contribution in [1.29, 1.82) is 0 Å². The summed E-state index contributed by atoms with van der Waals surface area (Å²) in [4.78, 5) is 8.13. The third-order valence-corrected chi connectivity index (χ3v) is 2.43. The molecule has 0 amide bonds. The fraction of sp³-hybridized carbons (Fsp3) is 0.500. The summed E-state index contributed by atoms with van der Waals surface area (Å²) in [6.45, 7) is 1.51. The Labute approximate surface area is 80.7 Å². The summed E-state index contributed by atoms with van der Waals surface area (Å²) in [6.07, 6.45) is 4.38. The molecule has 1 fully saturated rings. The lowest BCUT2D eigenvalue weighted by Gasteiger charge is -2.21. The molecule has 1 aromatic rings. The van der Waals surface area contributed by atoms with Gasteiger partial charge in [0.1, 0.15) is 0 Å². The first-order valence-corrected chi connectivity index (χ1v) is 5.00. The minimum absolute atomic E-state index is 0.240. The van der Waals surface area contributed by atoms with Gasteiger partial charge in [0.25, 0.3) is 0 Å². The van der Waals surface area contributed by atoms with E-state index >= 15 is 0 Å². The molecule has 0 aliphatic carbocycles. The maximum Gasteiger partial charge on any atom is 0.214 e. The Kier molecular flexibility index (Phi) is 3.12. The quantitative estimate of drug-likeness (QED) is 0.670. The molecule has 0 spiro atoms. The predicted octanol–water partition coefficient (Wildman–Crippen LogP) is 1.29. The molecule has 5 heteroatoms. The largest absolute Gasteiger partial charge is 0.343 e. The van der Waals surface area contributed by atoms with Crippen LogP contribution in [0.15, 0.2) is 23.6 Å². The highest BCUT2D eigenvalue weighted by Gasteiger charge is 2.16. The molecule has 1 aliphatic rings. The first-order chi connectivity index (χ1) is 6.45. The fourth-order valence-electron chi connectivity index (χ4n) is 0.967. The van der Waals surface area contributed by atoms with Crippen LogP contribution < -0.4 is 0 Å². The number of hydrogen-bond donors (Lipinski definition) is 0. The van der Waals surface area contributed by atoms with E-state index in [1.165, 1.54) is 11.8 Å².